The summed E-state index contributed by atoms with van der Waals surface area (Å²) in [5.41, 5.74) is 0.166. The normalized spacial score (nSPS) is 18.3. The van der Waals surface area contributed by atoms with Gasteiger partial charge in [-0.1, -0.05) is 25.2 Å². The number of hydrogen-bond donors (Lipinski definition) is 0. The minimum atomic E-state index is -0.509. The van der Waals surface area contributed by atoms with E-state index < -0.39 is 5.97 Å². The molecule has 1 aliphatic heterocycles. The van der Waals surface area contributed by atoms with Crippen LogP contribution in [0.5, 0.6) is 0 Å². The Hall–Kier alpha value is -1.43. The fourth-order valence-corrected chi connectivity index (χ4v) is 3.76. The first kappa shape index (κ1) is 15.9. The third kappa shape index (κ3) is 3.26. The summed E-state index contributed by atoms with van der Waals surface area (Å²) in [5, 5.41) is 0.763. The summed E-state index contributed by atoms with van der Waals surface area (Å²) in [6, 6.07) is 0.422. The van der Waals surface area contributed by atoms with Crippen LogP contribution < -0.4 is 4.90 Å². The van der Waals surface area contributed by atoms with Gasteiger partial charge in [-0.2, -0.15) is 0 Å². The number of carbonyl (C=O) groups excluding carboxylic acids is 2. The number of ketones is 1. The molecule has 0 saturated carbocycles. The summed E-state index contributed by atoms with van der Waals surface area (Å²) < 4.78 is 5.00. The Kier molecular flexibility index (Phi) is 4.98. The van der Waals surface area contributed by atoms with Crippen LogP contribution in [0.2, 0.25) is 0 Å². The molecular weight excluding hydrogens is 288 g/mol. The quantitative estimate of drug-likeness (QED) is 0.617. The third-order valence-electron chi connectivity index (χ3n) is 3.72. The van der Waals surface area contributed by atoms with Crippen LogP contribution in [0.25, 0.3) is 0 Å². The zero-order valence-electron chi connectivity index (χ0n) is 13.0. The molecule has 21 heavy (non-hydrogen) atoms. The number of Topliss-reactive ketones (excluding diaryl/α,β-unsaturated/α-hetero) is 1. The molecule has 2 heterocycles. The second kappa shape index (κ2) is 6.56. The van der Waals surface area contributed by atoms with E-state index in [9.17, 15) is 9.59 Å². The number of thiazole rings is 1. The van der Waals surface area contributed by atoms with Crippen molar-refractivity contribution in [2.45, 2.75) is 46.6 Å². The van der Waals surface area contributed by atoms with E-state index in [2.05, 4.69) is 23.7 Å². The molecule has 5 nitrogen and oxygen atoms in total. The van der Waals surface area contributed by atoms with Crippen molar-refractivity contribution in [3.63, 3.8) is 0 Å². The largest absolute Gasteiger partial charge is 0.461 e. The van der Waals surface area contributed by atoms with Gasteiger partial charge in [0.1, 0.15) is 4.88 Å². The van der Waals surface area contributed by atoms with Gasteiger partial charge in [0, 0.05) is 19.5 Å². The van der Waals surface area contributed by atoms with Gasteiger partial charge in [0.25, 0.3) is 0 Å². The number of nitrogens with zero attached hydrogens (tertiary/aromatic N) is 2. The van der Waals surface area contributed by atoms with Gasteiger partial charge in [-0.25, -0.2) is 9.78 Å². The molecule has 116 valence electrons. The number of hydrogen-bond acceptors (Lipinski definition) is 6. The topological polar surface area (TPSA) is 59.5 Å². The van der Waals surface area contributed by atoms with Gasteiger partial charge in [-0.15, -0.1) is 0 Å². The molecule has 1 aliphatic rings. The highest BCUT2D eigenvalue weighted by molar-refractivity contribution is 7.17. The van der Waals surface area contributed by atoms with E-state index in [0.717, 1.165) is 24.5 Å². The predicted octanol–water partition coefficient (Wildman–Crippen LogP) is 3.15. The van der Waals surface area contributed by atoms with E-state index in [0.29, 0.717) is 16.8 Å². The van der Waals surface area contributed by atoms with Gasteiger partial charge in [0.05, 0.1) is 6.61 Å². The summed E-state index contributed by atoms with van der Waals surface area (Å²) in [6.45, 7) is 8.79. The second-order valence-electron chi connectivity index (χ2n) is 5.60. The van der Waals surface area contributed by atoms with Gasteiger partial charge < -0.3 is 9.64 Å². The number of aromatic nitrogens is 1. The lowest BCUT2D eigenvalue weighted by Crippen LogP contribution is -2.33. The van der Waals surface area contributed by atoms with E-state index in [-0.39, 0.29) is 18.1 Å². The van der Waals surface area contributed by atoms with Gasteiger partial charge in [0.15, 0.2) is 16.6 Å². The Morgan fingerprint density at radius 1 is 1.48 bits per heavy atom. The summed E-state index contributed by atoms with van der Waals surface area (Å²) in [7, 11) is 0. The van der Waals surface area contributed by atoms with Crippen LogP contribution in [0, 0.1) is 5.92 Å². The Bertz CT molecular complexity index is 539. The van der Waals surface area contributed by atoms with Crippen molar-refractivity contribution in [3.05, 3.63) is 10.6 Å². The second-order valence-corrected chi connectivity index (χ2v) is 6.58. The highest BCUT2D eigenvalue weighted by atomic mass is 32.1. The molecule has 1 unspecified atom stereocenters. The first-order valence-electron chi connectivity index (χ1n) is 7.41. The standard InChI is InChI=1S/C15H22N2O3S/c1-5-20-14(19)12-13(10(4)18)21-15(16-12)17-8-6-7-11(17)9(2)3/h9,11H,5-8H2,1-4H3. The molecule has 1 aromatic heterocycles. The van der Waals surface area contributed by atoms with Crippen molar-refractivity contribution in [3.8, 4) is 0 Å². The number of rotatable bonds is 5. The van der Waals surface area contributed by atoms with Gasteiger partial charge in [0.2, 0.25) is 0 Å². The monoisotopic (exact) mass is 310 g/mol. The molecular formula is C15H22N2O3S. The molecule has 0 bridgehead atoms. The molecule has 2 rings (SSSR count). The Labute approximate surface area is 129 Å². The summed E-state index contributed by atoms with van der Waals surface area (Å²) in [4.78, 5) is 30.8. The maximum absolute atomic E-state index is 12.0. The molecule has 0 aromatic carbocycles. The highest BCUT2D eigenvalue weighted by Crippen LogP contribution is 2.34. The Balaban J connectivity index is 2.35. The zero-order valence-corrected chi connectivity index (χ0v) is 13.8. The van der Waals surface area contributed by atoms with Crippen molar-refractivity contribution >= 4 is 28.2 Å². The maximum atomic E-state index is 12.0. The van der Waals surface area contributed by atoms with Gasteiger partial charge in [-0.3, -0.25) is 4.79 Å². The van der Waals surface area contributed by atoms with Crippen LogP contribution in [0.1, 0.15) is 60.7 Å². The lowest BCUT2D eigenvalue weighted by Gasteiger charge is -2.27. The highest BCUT2D eigenvalue weighted by Gasteiger charge is 2.32. The number of esters is 1. The number of anilines is 1. The summed E-state index contributed by atoms with van der Waals surface area (Å²) in [6.07, 6.45) is 2.24. The molecule has 0 radical (unpaired) electrons. The fourth-order valence-electron chi connectivity index (χ4n) is 2.73. The molecule has 6 heteroatoms. The molecule has 0 N–H and O–H groups in total. The van der Waals surface area contributed by atoms with Crippen molar-refractivity contribution in [2.24, 2.45) is 5.92 Å². The molecule has 1 atom stereocenters. The number of ether oxygens (including phenoxy) is 1. The average Bonchev–Trinajstić information content (AvgIpc) is 3.05. The number of carbonyl (C=O) groups is 2. The van der Waals surface area contributed by atoms with Gasteiger partial charge >= 0.3 is 5.97 Å². The summed E-state index contributed by atoms with van der Waals surface area (Å²) >= 11 is 1.30. The van der Waals surface area contributed by atoms with E-state index in [1.165, 1.54) is 18.3 Å². The molecule has 0 aliphatic carbocycles. The minimum absolute atomic E-state index is 0.137. The summed E-state index contributed by atoms with van der Waals surface area (Å²) in [5.74, 6) is -0.129. The van der Waals surface area contributed by atoms with Crippen molar-refractivity contribution in [1.82, 2.24) is 4.98 Å². The van der Waals surface area contributed by atoms with Crippen LogP contribution in [-0.4, -0.2) is 35.9 Å². The molecule has 1 saturated heterocycles. The molecule has 1 fully saturated rings. The predicted molar refractivity (Wildman–Crippen MR) is 83.3 cm³/mol. The third-order valence-corrected chi connectivity index (χ3v) is 4.91. The van der Waals surface area contributed by atoms with E-state index in [1.807, 2.05) is 0 Å². The smallest absolute Gasteiger partial charge is 0.358 e. The first-order valence-corrected chi connectivity index (χ1v) is 8.22. The van der Waals surface area contributed by atoms with Crippen molar-refractivity contribution in [2.75, 3.05) is 18.1 Å². The van der Waals surface area contributed by atoms with Crippen molar-refractivity contribution < 1.29 is 14.3 Å². The average molecular weight is 310 g/mol. The van der Waals surface area contributed by atoms with E-state index in [4.69, 9.17) is 4.74 Å². The van der Waals surface area contributed by atoms with Crippen LogP contribution in [0.15, 0.2) is 0 Å². The van der Waals surface area contributed by atoms with Crippen LogP contribution in [0.3, 0.4) is 0 Å². The minimum Gasteiger partial charge on any atom is -0.461 e. The van der Waals surface area contributed by atoms with Gasteiger partial charge in [-0.05, 0) is 25.7 Å². The maximum Gasteiger partial charge on any atom is 0.358 e. The van der Waals surface area contributed by atoms with Crippen LogP contribution >= 0.6 is 11.3 Å². The lowest BCUT2D eigenvalue weighted by atomic mass is 10.0. The Morgan fingerprint density at radius 3 is 2.76 bits per heavy atom. The zero-order chi connectivity index (χ0) is 15.6. The van der Waals surface area contributed by atoms with E-state index in [1.54, 1.807) is 6.92 Å². The first-order chi connectivity index (χ1) is 9.95. The fraction of sp³-hybridized carbons (Fsp3) is 0.667. The molecule has 0 amide bonds. The molecule has 1 aromatic rings. The SMILES string of the molecule is CCOC(=O)c1nc(N2CCCC2C(C)C)sc1C(C)=O. The van der Waals surface area contributed by atoms with E-state index >= 15 is 0 Å². The van der Waals surface area contributed by atoms with Crippen molar-refractivity contribution in [1.29, 1.82) is 0 Å². The molecule has 0 spiro atoms. The van der Waals surface area contributed by atoms with Crippen LogP contribution in [-0.2, 0) is 4.74 Å². The van der Waals surface area contributed by atoms with Crippen LogP contribution in [0.4, 0.5) is 5.13 Å². The Morgan fingerprint density at radius 2 is 2.19 bits per heavy atom. The lowest BCUT2D eigenvalue weighted by molar-refractivity contribution is 0.0517.